The molecule has 0 unspecified atom stereocenters. The first-order chi connectivity index (χ1) is 10.4. The van der Waals surface area contributed by atoms with Crippen molar-refractivity contribution < 1.29 is 19.4 Å². The van der Waals surface area contributed by atoms with Crippen molar-refractivity contribution in [2.45, 2.75) is 19.1 Å². The van der Waals surface area contributed by atoms with Gasteiger partial charge in [-0.1, -0.05) is 6.07 Å². The molecule has 0 bridgehead atoms. The summed E-state index contributed by atoms with van der Waals surface area (Å²) in [6.07, 6.45) is 1.91. The summed E-state index contributed by atoms with van der Waals surface area (Å²) in [7, 11) is 3.14. The molecule has 2 amide bonds. The van der Waals surface area contributed by atoms with Gasteiger partial charge in [-0.25, -0.2) is 4.79 Å². The average molecular weight is 328 g/mol. The van der Waals surface area contributed by atoms with E-state index in [2.05, 4.69) is 10.6 Å². The van der Waals surface area contributed by atoms with Crippen LogP contribution in [-0.4, -0.2) is 49.5 Å². The highest BCUT2D eigenvalue weighted by Crippen LogP contribution is 2.27. The molecule has 0 aromatic heterocycles. The van der Waals surface area contributed by atoms with Gasteiger partial charge in [-0.05, 0) is 30.9 Å². The number of rotatable bonds is 8. The van der Waals surface area contributed by atoms with Crippen LogP contribution in [0, 0.1) is 0 Å². The summed E-state index contributed by atoms with van der Waals surface area (Å²) in [4.78, 5) is 11.7. The number of aliphatic hydroxyl groups is 1. The zero-order valence-electron chi connectivity index (χ0n) is 13.4. The molecule has 1 aromatic carbocycles. The Morgan fingerprint density at radius 3 is 2.55 bits per heavy atom. The minimum absolute atomic E-state index is 0.200. The molecule has 6 nitrogen and oxygen atoms in total. The predicted molar refractivity (Wildman–Crippen MR) is 88.8 cm³/mol. The molecular weight excluding hydrogens is 304 g/mol. The first kappa shape index (κ1) is 18.4. The third-order valence-electron chi connectivity index (χ3n) is 2.99. The third kappa shape index (κ3) is 6.03. The lowest BCUT2D eigenvalue weighted by atomic mass is 10.1. The van der Waals surface area contributed by atoms with Crippen molar-refractivity contribution in [3.8, 4) is 11.5 Å². The van der Waals surface area contributed by atoms with Crippen LogP contribution in [0.2, 0.25) is 0 Å². The Hall–Kier alpha value is -1.60. The number of ether oxygens (including phenoxy) is 2. The van der Waals surface area contributed by atoms with E-state index in [0.29, 0.717) is 23.8 Å². The number of thioether (sulfide) groups is 1. The lowest BCUT2D eigenvalue weighted by molar-refractivity contribution is 0.0869. The summed E-state index contributed by atoms with van der Waals surface area (Å²) >= 11 is 1.53. The van der Waals surface area contributed by atoms with Crippen molar-refractivity contribution in [1.29, 1.82) is 0 Å². The first-order valence-corrected chi connectivity index (χ1v) is 8.25. The van der Waals surface area contributed by atoms with Gasteiger partial charge in [-0.2, -0.15) is 11.8 Å². The van der Waals surface area contributed by atoms with Crippen molar-refractivity contribution in [2.24, 2.45) is 0 Å². The second-order valence-electron chi connectivity index (χ2n) is 5.16. The minimum Gasteiger partial charge on any atom is -0.493 e. The van der Waals surface area contributed by atoms with Crippen molar-refractivity contribution in [3.05, 3.63) is 23.8 Å². The number of carbonyl (C=O) groups is 1. The summed E-state index contributed by atoms with van der Waals surface area (Å²) in [5.41, 5.74) is -0.0243. The number of methoxy groups -OCH3 is 2. The van der Waals surface area contributed by atoms with E-state index in [1.54, 1.807) is 27.2 Å². The van der Waals surface area contributed by atoms with Crippen molar-refractivity contribution >= 4 is 17.8 Å². The number of amides is 2. The van der Waals surface area contributed by atoms with Crippen LogP contribution in [0.25, 0.3) is 0 Å². The van der Waals surface area contributed by atoms with Gasteiger partial charge in [0.25, 0.3) is 0 Å². The molecule has 124 valence electrons. The maximum atomic E-state index is 11.7. The van der Waals surface area contributed by atoms with Crippen molar-refractivity contribution in [1.82, 2.24) is 10.6 Å². The van der Waals surface area contributed by atoms with Gasteiger partial charge in [-0.3, -0.25) is 0 Å². The highest BCUT2D eigenvalue weighted by Gasteiger charge is 2.20. The van der Waals surface area contributed by atoms with E-state index in [1.165, 1.54) is 11.8 Å². The minimum atomic E-state index is -0.917. The molecule has 0 aliphatic heterocycles. The van der Waals surface area contributed by atoms with Gasteiger partial charge >= 0.3 is 6.03 Å². The topological polar surface area (TPSA) is 79.8 Å². The van der Waals surface area contributed by atoms with E-state index in [4.69, 9.17) is 9.47 Å². The Labute approximate surface area is 135 Å². The molecule has 1 rings (SSSR count). The highest BCUT2D eigenvalue weighted by atomic mass is 32.2. The molecule has 3 N–H and O–H groups in total. The van der Waals surface area contributed by atoms with Crippen LogP contribution in [0.1, 0.15) is 12.5 Å². The molecule has 0 aliphatic rings. The Kier molecular flexibility index (Phi) is 7.34. The van der Waals surface area contributed by atoms with Crippen LogP contribution in [0.15, 0.2) is 18.2 Å². The third-order valence-corrected chi connectivity index (χ3v) is 3.90. The Bertz CT molecular complexity index is 494. The van der Waals surface area contributed by atoms with Crippen LogP contribution in [-0.2, 0) is 6.54 Å². The normalized spacial score (nSPS) is 13.1. The number of hydrogen-bond donors (Lipinski definition) is 3. The smallest absolute Gasteiger partial charge is 0.315 e. The number of hydrogen-bond acceptors (Lipinski definition) is 5. The Balaban J connectivity index is 2.47. The Morgan fingerprint density at radius 2 is 1.95 bits per heavy atom. The van der Waals surface area contributed by atoms with Gasteiger partial charge < -0.3 is 25.2 Å². The van der Waals surface area contributed by atoms with E-state index in [1.807, 2.05) is 18.4 Å². The largest absolute Gasteiger partial charge is 0.493 e. The molecule has 0 spiro atoms. The zero-order valence-corrected chi connectivity index (χ0v) is 14.3. The second kappa shape index (κ2) is 8.75. The average Bonchev–Trinajstić information content (AvgIpc) is 2.50. The molecule has 0 heterocycles. The predicted octanol–water partition coefficient (Wildman–Crippen LogP) is 1.62. The van der Waals surface area contributed by atoms with Crippen LogP contribution in [0.5, 0.6) is 11.5 Å². The number of carbonyl (C=O) groups excluding carboxylic acids is 1. The van der Waals surface area contributed by atoms with Gasteiger partial charge in [0.2, 0.25) is 0 Å². The van der Waals surface area contributed by atoms with Gasteiger partial charge in [0, 0.05) is 18.8 Å². The van der Waals surface area contributed by atoms with Gasteiger partial charge in [0.05, 0.1) is 19.8 Å². The zero-order chi connectivity index (χ0) is 16.6. The molecular formula is C15H24N2O4S. The fourth-order valence-electron chi connectivity index (χ4n) is 1.87. The molecule has 0 radical (unpaired) electrons. The summed E-state index contributed by atoms with van der Waals surface area (Å²) in [6.45, 7) is 2.25. The van der Waals surface area contributed by atoms with Crippen LogP contribution < -0.4 is 20.1 Å². The highest BCUT2D eigenvalue weighted by molar-refractivity contribution is 7.98. The molecule has 0 fully saturated rings. The van der Waals surface area contributed by atoms with Crippen LogP contribution in [0.4, 0.5) is 4.79 Å². The van der Waals surface area contributed by atoms with Gasteiger partial charge in [0.15, 0.2) is 11.5 Å². The van der Waals surface area contributed by atoms with E-state index in [0.717, 1.165) is 5.56 Å². The molecule has 1 aromatic rings. The summed E-state index contributed by atoms with van der Waals surface area (Å²) < 4.78 is 10.4. The van der Waals surface area contributed by atoms with Gasteiger partial charge in [-0.15, -0.1) is 0 Å². The monoisotopic (exact) mass is 328 g/mol. The number of nitrogens with one attached hydrogen (secondary N) is 2. The molecule has 0 aliphatic carbocycles. The maximum absolute atomic E-state index is 11.7. The van der Waals surface area contributed by atoms with E-state index < -0.39 is 5.60 Å². The van der Waals surface area contributed by atoms with Crippen molar-refractivity contribution in [2.75, 3.05) is 32.8 Å². The van der Waals surface area contributed by atoms with E-state index >= 15 is 0 Å². The van der Waals surface area contributed by atoms with Crippen LogP contribution in [0.3, 0.4) is 0 Å². The Morgan fingerprint density at radius 1 is 1.27 bits per heavy atom. The summed E-state index contributed by atoms with van der Waals surface area (Å²) in [6, 6.07) is 5.13. The van der Waals surface area contributed by atoms with E-state index in [9.17, 15) is 9.90 Å². The number of benzene rings is 1. The molecule has 1 atom stereocenters. The van der Waals surface area contributed by atoms with Crippen LogP contribution >= 0.6 is 11.8 Å². The summed E-state index contributed by atoms with van der Waals surface area (Å²) in [5.74, 6) is 1.82. The van der Waals surface area contributed by atoms with E-state index in [-0.39, 0.29) is 12.6 Å². The maximum Gasteiger partial charge on any atom is 0.315 e. The standard InChI is InChI=1S/C15H24N2O4S/c1-15(19,10-22-4)9-17-14(18)16-8-11-5-6-12(20-2)13(7-11)21-3/h5-7,19H,8-10H2,1-4H3,(H2,16,17,18)/t15-/m1/s1. The molecule has 0 saturated carbocycles. The molecule has 22 heavy (non-hydrogen) atoms. The van der Waals surface area contributed by atoms with Crippen molar-refractivity contribution in [3.63, 3.8) is 0 Å². The quantitative estimate of drug-likeness (QED) is 0.676. The fourth-order valence-corrected chi connectivity index (χ4v) is 2.59. The molecule has 7 heteroatoms. The van der Waals surface area contributed by atoms with Gasteiger partial charge in [0.1, 0.15) is 0 Å². The number of urea groups is 1. The summed E-state index contributed by atoms with van der Waals surface area (Å²) in [5, 5.41) is 15.4. The fraction of sp³-hybridized carbons (Fsp3) is 0.533. The SMILES string of the molecule is COc1ccc(CNC(=O)NC[C@@](C)(O)CSC)cc1OC. The molecule has 0 saturated heterocycles. The lowest BCUT2D eigenvalue weighted by Gasteiger charge is -2.22. The second-order valence-corrected chi connectivity index (χ2v) is 6.02. The lowest BCUT2D eigenvalue weighted by Crippen LogP contribution is -2.45. The first-order valence-electron chi connectivity index (χ1n) is 6.86.